The highest BCUT2D eigenvalue weighted by atomic mass is 19.4. The van der Waals surface area contributed by atoms with E-state index in [1.807, 2.05) is 0 Å². The Balaban J connectivity index is 2.86. The van der Waals surface area contributed by atoms with Gasteiger partial charge in [-0.25, -0.2) is 8.78 Å². The second kappa shape index (κ2) is 5.71. The molecule has 0 aromatic heterocycles. The van der Waals surface area contributed by atoms with Crippen molar-refractivity contribution < 1.29 is 22.0 Å². The molecular weight excluding hydrogens is 299 g/mol. The number of halogens is 5. The lowest BCUT2D eigenvalue weighted by Gasteiger charge is -2.21. The van der Waals surface area contributed by atoms with Gasteiger partial charge in [0.1, 0.15) is 11.6 Å². The van der Waals surface area contributed by atoms with Crippen LogP contribution in [0.4, 0.5) is 22.0 Å². The van der Waals surface area contributed by atoms with Gasteiger partial charge in [0.25, 0.3) is 0 Å². The van der Waals surface area contributed by atoms with E-state index in [4.69, 9.17) is 0 Å². The maximum Gasteiger partial charge on any atom is 0.416 e. The third kappa shape index (κ3) is 3.13. The quantitative estimate of drug-likeness (QED) is 0.589. The van der Waals surface area contributed by atoms with Crippen LogP contribution in [0.3, 0.4) is 0 Å². The van der Waals surface area contributed by atoms with Gasteiger partial charge in [0.15, 0.2) is 0 Å². The van der Waals surface area contributed by atoms with Crippen molar-refractivity contribution in [1.29, 1.82) is 0 Å². The van der Waals surface area contributed by atoms with E-state index in [0.717, 1.165) is 12.1 Å². The van der Waals surface area contributed by atoms with Gasteiger partial charge in [-0.3, -0.25) is 0 Å². The van der Waals surface area contributed by atoms with Crippen molar-refractivity contribution in [3.63, 3.8) is 0 Å². The maximum atomic E-state index is 13.7. The lowest BCUT2D eigenvalue weighted by Crippen LogP contribution is -2.12. The Bertz CT molecular complexity index is 699. The fourth-order valence-electron chi connectivity index (χ4n) is 2.58. The van der Waals surface area contributed by atoms with Gasteiger partial charge in [-0.2, -0.15) is 13.2 Å². The Hall–Kier alpha value is -1.91. The summed E-state index contributed by atoms with van der Waals surface area (Å²) in [6.07, 6.45) is -4.67. The second-order valence-corrected chi connectivity index (χ2v) is 5.53. The van der Waals surface area contributed by atoms with Gasteiger partial charge in [-0.1, -0.05) is 19.9 Å². The molecule has 0 fully saturated rings. The zero-order valence-corrected chi connectivity index (χ0v) is 12.4. The minimum Gasteiger partial charge on any atom is -0.207 e. The van der Waals surface area contributed by atoms with Crippen LogP contribution in [0.25, 0.3) is 11.1 Å². The van der Waals surface area contributed by atoms with Crippen molar-refractivity contribution in [2.75, 3.05) is 0 Å². The number of hydrogen-bond donors (Lipinski definition) is 0. The average molecular weight is 314 g/mol. The van der Waals surface area contributed by atoms with Crippen molar-refractivity contribution >= 4 is 0 Å². The van der Waals surface area contributed by atoms with Gasteiger partial charge >= 0.3 is 6.18 Å². The average Bonchev–Trinajstić information content (AvgIpc) is 2.39. The fraction of sp³-hybridized carbons (Fsp3) is 0.294. The molecule has 0 unspecified atom stereocenters. The molecule has 0 saturated heterocycles. The summed E-state index contributed by atoms with van der Waals surface area (Å²) in [5.74, 6) is -2.06. The van der Waals surface area contributed by atoms with Crippen LogP contribution in [-0.2, 0) is 6.18 Å². The molecule has 0 radical (unpaired) electrons. The molecule has 0 nitrogen and oxygen atoms in total. The smallest absolute Gasteiger partial charge is 0.207 e. The van der Waals surface area contributed by atoms with Crippen molar-refractivity contribution in [2.24, 2.45) is 0 Å². The Morgan fingerprint density at radius 2 is 1.45 bits per heavy atom. The van der Waals surface area contributed by atoms with Crippen LogP contribution in [0.15, 0.2) is 30.3 Å². The van der Waals surface area contributed by atoms with Crippen LogP contribution in [0.1, 0.15) is 36.5 Å². The topological polar surface area (TPSA) is 0 Å². The highest BCUT2D eigenvalue weighted by Gasteiger charge is 2.36. The highest BCUT2D eigenvalue weighted by Crippen LogP contribution is 2.41. The first-order valence-electron chi connectivity index (χ1n) is 6.78. The number of hydrogen-bond acceptors (Lipinski definition) is 0. The molecule has 0 heterocycles. The van der Waals surface area contributed by atoms with Gasteiger partial charge in [-0.15, -0.1) is 0 Å². The van der Waals surface area contributed by atoms with E-state index in [1.165, 1.54) is 12.1 Å². The lowest BCUT2D eigenvalue weighted by molar-refractivity contribution is -0.138. The zero-order chi connectivity index (χ0) is 16.7. The van der Waals surface area contributed by atoms with Crippen LogP contribution >= 0.6 is 0 Å². The molecule has 22 heavy (non-hydrogen) atoms. The molecule has 0 N–H and O–H groups in total. The molecule has 0 spiro atoms. The molecule has 118 valence electrons. The molecule has 0 aliphatic heterocycles. The molecule has 2 aromatic rings. The predicted molar refractivity (Wildman–Crippen MR) is 75.6 cm³/mol. The van der Waals surface area contributed by atoms with Crippen LogP contribution in [0.5, 0.6) is 0 Å². The first kappa shape index (κ1) is 16.5. The van der Waals surface area contributed by atoms with Crippen LogP contribution in [-0.4, -0.2) is 0 Å². The van der Waals surface area contributed by atoms with E-state index < -0.39 is 29.3 Å². The van der Waals surface area contributed by atoms with E-state index >= 15 is 0 Å². The van der Waals surface area contributed by atoms with Gasteiger partial charge in [0, 0.05) is 0 Å². The highest BCUT2D eigenvalue weighted by molar-refractivity contribution is 5.73. The minimum atomic E-state index is -4.67. The Kier molecular flexibility index (Phi) is 4.27. The van der Waals surface area contributed by atoms with Crippen molar-refractivity contribution in [1.82, 2.24) is 0 Å². The van der Waals surface area contributed by atoms with E-state index in [9.17, 15) is 22.0 Å². The van der Waals surface area contributed by atoms with Crippen LogP contribution in [0.2, 0.25) is 0 Å². The van der Waals surface area contributed by atoms with Crippen LogP contribution in [0, 0.1) is 18.6 Å². The first-order chi connectivity index (χ1) is 10.1. The largest absolute Gasteiger partial charge is 0.416 e. The third-order valence-corrected chi connectivity index (χ3v) is 3.52. The van der Waals surface area contributed by atoms with E-state index in [-0.39, 0.29) is 16.7 Å². The molecule has 0 aliphatic carbocycles. The van der Waals surface area contributed by atoms with Gasteiger partial charge < -0.3 is 0 Å². The molecule has 5 heteroatoms. The molecule has 0 bridgehead atoms. The monoisotopic (exact) mass is 314 g/mol. The number of benzene rings is 2. The third-order valence-electron chi connectivity index (χ3n) is 3.52. The summed E-state index contributed by atoms with van der Waals surface area (Å²) < 4.78 is 66.9. The molecule has 0 aliphatic rings. The Morgan fingerprint density at radius 1 is 0.864 bits per heavy atom. The molecule has 0 amide bonds. The number of alkyl halides is 3. The SMILES string of the molecule is Cc1ccc(F)cc1-c1cc(F)cc(C(F)(F)F)c1C(C)C. The summed E-state index contributed by atoms with van der Waals surface area (Å²) in [5.41, 5.74) is -0.0983. The number of rotatable bonds is 2. The van der Waals surface area contributed by atoms with E-state index in [1.54, 1.807) is 20.8 Å². The first-order valence-corrected chi connectivity index (χ1v) is 6.78. The summed E-state index contributed by atoms with van der Waals surface area (Å²) in [7, 11) is 0. The standard InChI is InChI=1S/C17H15F5/c1-9(2)16-14(13-6-11(18)5-4-10(13)3)7-12(19)8-15(16)17(20,21)22/h4-9H,1-3H3. The van der Waals surface area contributed by atoms with Crippen molar-refractivity contribution in [3.8, 4) is 11.1 Å². The van der Waals surface area contributed by atoms with Crippen molar-refractivity contribution in [3.05, 3.63) is 58.7 Å². The molecule has 0 atom stereocenters. The molecule has 0 saturated carbocycles. The Morgan fingerprint density at radius 3 is 2.00 bits per heavy atom. The maximum absolute atomic E-state index is 13.7. The van der Waals surface area contributed by atoms with Gasteiger partial charge in [-0.05, 0) is 59.4 Å². The van der Waals surface area contributed by atoms with E-state index in [0.29, 0.717) is 11.6 Å². The fourth-order valence-corrected chi connectivity index (χ4v) is 2.58. The van der Waals surface area contributed by atoms with Crippen molar-refractivity contribution in [2.45, 2.75) is 32.9 Å². The molecule has 2 rings (SSSR count). The van der Waals surface area contributed by atoms with Gasteiger partial charge in [0.05, 0.1) is 5.56 Å². The summed E-state index contributed by atoms with van der Waals surface area (Å²) in [6.45, 7) is 4.85. The minimum absolute atomic E-state index is 0.0254. The zero-order valence-electron chi connectivity index (χ0n) is 12.4. The molecular formula is C17H15F5. The van der Waals surface area contributed by atoms with Crippen LogP contribution < -0.4 is 0 Å². The number of aryl methyl sites for hydroxylation is 1. The summed E-state index contributed by atoms with van der Waals surface area (Å²) in [5, 5.41) is 0. The summed E-state index contributed by atoms with van der Waals surface area (Å²) in [6, 6.07) is 5.35. The van der Waals surface area contributed by atoms with E-state index in [2.05, 4.69) is 0 Å². The molecule has 2 aromatic carbocycles. The lowest BCUT2D eigenvalue weighted by atomic mass is 9.86. The Labute approximate surface area is 125 Å². The normalized spacial score (nSPS) is 12.0. The predicted octanol–water partition coefficient (Wildman–Crippen LogP) is 6.08. The second-order valence-electron chi connectivity index (χ2n) is 5.53. The summed E-state index contributed by atoms with van der Waals surface area (Å²) in [4.78, 5) is 0. The van der Waals surface area contributed by atoms with Gasteiger partial charge in [0.2, 0.25) is 0 Å². The summed E-state index contributed by atoms with van der Waals surface area (Å²) >= 11 is 0.